The number of nitrogens with zero attached hydrogens (tertiary/aromatic N) is 2. The van der Waals surface area contributed by atoms with Gasteiger partial charge in [-0.1, -0.05) is 34.1 Å². The molecule has 0 spiro atoms. The fourth-order valence-corrected chi connectivity index (χ4v) is 2.95. The highest BCUT2D eigenvalue weighted by atomic mass is 79.9. The van der Waals surface area contributed by atoms with E-state index in [2.05, 4.69) is 20.9 Å². The number of aromatic nitrogens is 2. The number of rotatable bonds is 4. The van der Waals surface area contributed by atoms with E-state index in [1.165, 1.54) is 0 Å². The van der Waals surface area contributed by atoms with E-state index in [1.807, 2.05) is 52.5 Å². The van der Waals surface area contributed by atoms with Crippen LogP contribution in [0.4, 0.5) is 0 Å². The number of ketones is 1. The van der Waals surface area contributed by atoms with Crippen LogP contribution in [0.25, 0.3) is 10.7 Å². The van der Waals surface area contributed by atoms with Crippen molar-refractivity contribution >= 4 is 33.0 Å². The molecule has 0 radical (unpaired) electrons. The van der Waals surface area contributed by atoms with Crippen LogP contribution in [0.5, 0.6) is 0 Å². The Hall–Kier alpha value is -1.72. The molecule has 0 saturated heterocycles. The van der Waals surface area contributed by atoms with Crippen LogP contribution in [0.15, 0.2) is 58.6 Å². The van der Waals surface area contributed by atoms with E-state index in [1.54, 1.807) is 17.5 Å². The van der Waals surface area contributed by atoms with E-state index in [0.717, 1.165) is 15.2 Å². The number of benzene rings is 1. The van der Waals surface area contributed by atoms with Gasteiger partial charge >= 0.3 is 0 Å². The van der Waals surface area contributed by atoms with Gasteiger partial charge in [-0.05, 0) is 23.6 Å². The quantitative estimate of drug-likeness (QED) is 0.661. The van der Waals surface area contributed by atoms with Crippen molar-refractivity contribution in [2.24, 2.45) is 0 Å². The first-order valence-electron chi connectivity index (χ1n) is 6.08. The van der Waals surface area contributed by atoms with E-state index in [9.17, 15) is 4.79 Å². The van der Waals surface area contributed by atoms with Gasteiger partial charge < -0.3 is 4.57 Å². The van der Waals surface area contributed by atoms with Crippen LogP contribution in [0.3, 0.4) is 0 Å². The summed E-state index contributed by atoms with van der Waals surface area (Å²) >= 11 is 4.99. The van der Waals surface area contributed by atoms with Gasteiger partial charge in [0.15, 0.2) is 5.78 Å². The molecule has 0 atom stereocenters. The van der Waals surface area contributed by atoms with Crippen molar-refractivity contribution < 1.29 is 4.79 Å². The molecule has 2 heterocycles. The Balaban J connectivity index is 1.83. The van der Waals surface area contributed by atoms with Crippen LogP contribution in [0.2, 0.25) is 0 Å². The number of carbonyl (C=O) groups is 1. The van der Waals surface area contributed by atoms with Gasteiger partial charge in [-0.25, -0.2) is 4.98 Å². The monoisotopic (exact) mass is 346 g/mol. The average molecular weight is 347 g/mol. The molecule has 0 unspecified atom stereocenters. The normalized spacial score (nSPS) is 10.7. The third kappa shape index (κ3) is 2.73. The van der Waals surface area contributed by atoms with Crippen molar-refractivity contribution in [2.75, 3.05) is 0 Å². The summed E-state index contributed by atoms with van der Waals surface area (Å²) < 4.78 is 2.85. The van der Waals surface area contributed by atoms with Crippen LogP contribution < -0.4 is 0 Å². The molecular formula is C15H11BrN2OS. The number of thiophene rings is 1. The first-order valence-corrected chi connectivity index (χ1v) is 7.75. The Morgan fingerprint density at radius 1 is 1.25 bits per heavy atom. The van der Waals surface area contributed by atoms with Crippen molar-refractivity contribution in [3.05, 3.63) is 64.2 Å². The number of halogens is 1. The molecule has 1 aromatic carbocycles. The minimum Gasteiger partial charge on any atom is -0.323 e. The number of imidazole rings is 1. The molecule has 0 N–H and O–H groups in total. The highest BCUT2D eigenvalue weighted by molar-refractivity contribution is 9.10. The lowest BCUT2D eigenvalue weighted by atomic mass is 10.1. The first kappa shape index (κ1) is 13.3. The predicted molar refractivity (Wildman–Crippen MR) is 84.0 cm³/mol. The van der Waals surface area contributed by atoms with Crippen LogP contribution in [-0.2, 0) is 6.54 Å². The minimum atomic E-state index is 0.0771. The Bertz CT molecular complexity index is 717. The fraction of sp³-hybridized carbons (Fsp3) is 0.0667. The van der Waals surface area contributed by atoms with Crippen molar-refractivity contribution in [1.82, 2.24) is 9.55 Å². The Morgan fingerprint density at radius 3 is 2.75 bits per heavy atom. The van der Waals surface area contributed by atoms with E-state index in [0.29, 0.717) is 12.1 Å². The molecule has 3 rings (SSSR count). The molecule has 0 aliphatic heterocycles. The zero-order valence-corrected chi connectivity index (χ0v) is 12.9. The first-order chi connectivity index (χ1) is 9.74. The van der Waals surface area contributed by atoms with Gasteiger partial charge in [-0.15, -0.1) is 11.3 Å². The third-order valence-corrected chi connectivity index (χ3v) is 4.33. The summed E-state index contributed by atoms with van der Waals surface area (Å²) in [4.78, 5) is 17.7. The van der Waals surface area contributed by atoms with Gasteiger partial charge in [0.1, 0.15) is 5.82 Å². The maximum atomic E-state index is 12.3. The Morgan fingerprint density at radius 2 is 2.05 bits per heavy atom. The predicted octanol–water partition coefficient (Wildman–Crippen LogP) is 4.26. The van der Waals surface area contributed by atoms with Crippen molar-refractivity contribution in [3.8, 4) is 10.7 Å². The molecule has 0 amide bonds. The SMILES string of the molecule is O=C(Cn1ccnc1-c1cccs1)c1ccc(Br)cc1. The Kier molecular flexibility index (Phi) is 3.80. The van der Waals surface area contributed by atoms with Gasteiger partial charge in [-0.3, -0.25) is 4.79 Å². The summed E-state index contributed by atoms with van der Waals surface area (Å²) in [6, 6.07) is 11.4. The molecule has 0 saturated carbocycles. The van der Waals surface area contributed by atoms with Crippen LogP contribution in [0.1, 0.15) is 10.4 Å². The molecular weight excluding hydrogens is 336 g/mol. The summed E-state index contributed by atoms with van der Waals surface area (Å²) in [6.45, 7) is 0.300. The number of carbonyl (C=O) groups excluding carboxylic acids is 1. The van der Waals surface area contributed by atoms with Gasteiger partial charge in [0.2, 0.25) is 0 Å². The van der Waals surface area contributed by atoms with Crippen LogP contribution in [0, 0.1) is 0 Å². The number of hydrogen-bond acceptors (Lipinski definition) is 3. The molecule has 0 fully saturated rings. The molecule has 0 bridgehead atoms. The van der Waals surface area contributed by atoms with Crippen LogP contribution >= 0.6 is 27.3 Å². The molecule has 0 aliphatic rings. The van der Waals surface area contributed by atoms with E-state index >= 15 is 0 Å². The van der Waals surface area contributed by atoms with Gasteiger partial charge in [0.25, 0.3) is 0 Å². The molecule has 3 aromatic rings. The second-order valence-corrected chi connectivity index (χ2v) is 6.15. The second-order valence-electron chi connectivity index (χ2n) is 4.29. The molecule has 3 nitrogen and oxygen atoms in total. The molecule has 0 aliphatic carbocycles. The summed E-state index contributed by atoms with van der Waals surface area (Å²) in [6.07, 6.45) is 3.57. The number of Topliss-reactive ketones (excluding diaryl/α,β-unsaturated/α-hetero) is 1. The maximum Gasteiger partial charge on any atom is 0.182 e. The third-order valence-electron chi connectivity index (χ3n) is 2.94. The largest absolute Gasteiger partial charge is 0.323 e. The van der Waals surface area contributed by atoms with E-state index in [4.69, 9.17) is 0 Å². The van der Waals surface area contributed by atoms with Crippen LogP contribution in [-0.4, -0.2) is 15.3 Å². The minimum absolute atomic E-state index is 0.0771. The zero-order valence-electron chi connectivity index (χ0n) is 10.5. The highest BCUT2D eigenvalue weighted by Crippen LogP contribution is 2.23. The zero-order chi connectivity index (χ0) is 13.9. The maximum absolute atomic E-state index is 12.3. The topological polar surface area (TPSA) is 34.9 Å². The van der Waals surface area contributed by atoms with Gasteiger partial charge in [0.05, 0.1) is 11.4 Å². The van der Waals surface area contributed by atoms with Crippen molar-refractivity contribution in [1.29, 1.82) is 0 Å². The van der Waals surface area contributed by atoms with Gasteiger partial charge in [0, 0.05) is 22.4 Å². The lowest BCUT2D eigenvalue weighted by molar-refractivity contribution is 0.0972. The summed E-state index contributed by atoms with van der Waals surface area (Å²) in [5.74, 6) is 0.916. The number of hydrogen-bond donors (Lipinski definition) is 0. The molecule has 2 aromatic heterocycles. The molecule has 5 heteroatoms. The second kappa shape index (κ2) is 5.73. The Labute approximate surface area is 129 Å². The molecule has 20 heavy (non-hydrogen) atoms. The van der Waals surface area contributed by atoms with E-state index in [-0.39, 0.29) is 5.78 Å². The summed E-state index contributed by atoms with van der Waals surface area (Å²) in [5, 5.41) is 2.00. The van der Waals surface area contributed by atoms with Crippen molar-refractivity contribution in [3.63, 3.8) is 0 Å². The summed E-state index contributed by atoms with van der Waals surface area (Å²) in [7, 11) is 0. The summed E-state index contributed by atoms with van der Waals surface area (Å²) in [5.41, 5.74) is 0.707. The van der Waals surface area contributed by atoms with Gasteiger partial charge in [-0.2, -0.15) is 0 Å². The fourth-order valence-electron chi connectivity index (χ4n) is 1.95. The highest BCUT2D eigenvalue weighted by Gasteiger charge is 2.11. The average Bonchev–Trinajstić information content (AvgIpc) is 3.09. The smallest absolute Gasteiger partial charge is 0.182 e. The lowest BCUT2D eigenvalue weighted by Gasteiger charge is -2.06. The lowest BCUT2D eigenvalue weighted by Crippen LogP contribution is -2.10. The van der Waals surface area contributed by atoms with Crippen molar-refractivity contribution in [2.45, 2.75) is 6.54 Å². The standard InChI is InChI=1S/C15H11BrN2OS/c16-12-5-3-11(4-6-12)13(19)10-18-8-7-17-15(18)14-2-1-9-20-14/h1-9H,10H2. The molecule has 100 valence electrons. The van der Waals surface area contributed by atoms with E-state index < -0.39 is 0 Å².